The maximum atomic E-state index is 11.6. The first-order chi connectivity index (χ1) is 10.1. The van der Waals surface area contributed by atoms with E-state index in [1.165, 1.54) is 11.6 Å². The Balaban J connectivity index is 2.29. The molecule has 0 spiro atoms. The van der Waals surface area contributed by atoms with Gasteiger partial charge in [0, 0.05) is 0 Å². The van der Waals surface area contributed by atoms with Crippen molar-refractivity contribution in [1.29, 1.82) is 0 Å². The molecule has 0 aliphatic heterocycles. The number of methoxy groups -OCH3 is 1. The number of phenolic OH excluding ortho intramolecular Hbond substituents is 1. The van der Waals surface area contributed by atoms with Gasteiger partial charge in [0.2, 0.25) is 0 Å². The first kappa shape index (κ1) is 15.6. The Morgan fingerprint density at radius 2 is 1.95 bits per heavy atom. The molecule has 1 atom stereocenters. The molecule has 0 aliphatic carbocycles. The molecule has 2 rings (SSSR count). The molecular weight excluding hydrogens is 331 g/mol. The van der Waals surface area contributed by atoms with Crippen LogP contribution in [0, 0.1) is 0 Å². The van der Waals surface area contributed by atoms with E-state index in [9.17, 15) is 9.90 Å². The van der Waals surface area contributed by atoms with E-state index < -0.39 is 0 Å². The van der Waals surface area contributed by atoms with Crippen LogP contribution in [0.1, 0.15) is 23.7 Å². The van der Waals surface area contributed by atoms with Gasteiger partial charge in [-0.2, -0.15) is 0 Å². The molecular formula is C17H18O3Se. The summed E-state index contributed by atoms with van der Waals surface area (Å²) in [5, 5.41) is 9.70. The standard InChI is InChI=1S/C17H18O3Se/c1-12(18)10-17(21-14-6-4-3-5-7-14)13-8-9-15(19)16(11-13)20-2/h3-9,11,17,19H,10H2,1-2H3. The Labute approximate surface area is 131 Å². The summed E-state index contributed by atoms with van der Waals surface area (Å²) < 4.78 is 6.42. The van der Waals surface area contributed by atoms with E-state index in [4.69, 9.17) is 4.74 Å². The van der Waals surface area contributed by atoms with Crippen molar-refractivity contribution in [2.24, 2.45) is 0 Å². The summed E-state index contributed by atoms with van der Waals surface area (Å²) in [6.07, 6.45) is 0.503. The van der Waals surface area contributed by atoms with Crippen molar-refractivity contribution in [3.63, 3.8) is 0 Å². The zero-order chi connectivity index (χ0) is 15.2. The van der Waals surface area contributed by atoms with Crippen LogP contribution < -0.4 is 9.20 Å². The Morgan fingerprint density at radius 3 is 2.57 bits per heavy atom. The first-order valence-electron chi connectivity index (χ1n) is 6.68. The average Bonchev–Trinajstić information content (AvgIpc) is 2.48. The van der Waals surface area contributed by atoms with Crippen LogP contribution in [0.5, 0.6) is 11.5 Å². The third-order valence-corrected chi connectivity index (χ3v) is 5.73. The van der Waals surface area contributed by atoms with Crippen molar-refractivity contribution in [3.05, 3.63) is 54.1 Å². The number of Topliss-reactive ketones (excluding diaryl/α,β-unsaturated/α-hetero) is 1. The van der Waals surface area contributed by atoms with Crippen molar-refractivity contribution in [2.75, 3.05) is 7.11 Å². The number of hydrogen-bond donors (Lipinski definition) is 1. The second-order valence-electron chi connectivity index (χ2n) is 4.76. The van der Waals surface area contributed by atoms with Crippen molar-refractivity contribution in [3.8, 4) is 11.5 Å². The predicted molar refractivity (Wildman–Crippen MR) is 84.5 cm³/mol. The number of ketones is 1. The van der Waals surface area contributed by atoms with Crippen LogP contribution in [0.25, 0.3) is 0 Å². The third kappa shape index (κ3) is 4.35. The van der Waals surface area contributed by atoms with Gasteiger partial charge in [-0.15, -0.1) is 0 Å². The van der Waals surface area contributed by atoms with Gasteiger partial charge in [0.1, 0.15) is 0 Å². The molecule has 0 heterocycles. The SMILES string of the molecule is COc1cc(C(CC(C)=O)[Se]c2ccccc2)ccc1O. The molecule has 2 aromatic carbocycles. The van der Waals surface area contributed by atoms with Crippen LogP contribution >= 0.6 is 0 Å². The Bertz CT molecular complexity index is 611. The van der Waals surface area contributed by atoms with Crippen LogP contribution in [0.15, 0.2) is 48.5 Å². The van der Waals surface area contributed by atoms with Gasteiger partial charge in [-0.05, 0) is 0 Å². The van der Waals surface area contributed by atoms with Gasteiger partial charge in [0.05, 0.1) is 0 Å². The van der Waals surface area contributed by atoms with E-state index in [1.807, 2.05) is 30.3 Å². The van der Waals surface area contributed by atoms with E-state index in [2.05, 4.69) is 12.1 Å². The van der Waals surface area contributed by atoms with Gasteiger partial charge in [-0.3, -0.25) is 0 Å². The van der Waals surface area contributed by atoms with Crippen molar-refractivity contribution < 1.29 is 14.6 Å². The summed E-state index contributed by atoms with van der Waals surface area (Å²) in [5.74, 6) is 0.741. The van der Waals surface area contributed by atoms with Gasteiger partial charge < -0.3 is 0 Å². The number of carbonyl (C=O) groups is 1. The summed E-state index contributed by atoms with van der Waals surface area (Å²) in [5.41, 5.74) is 1.03. The molecule has 21 heavy (non-hydrogen) atoms. The quantitative estimate of drug-likeness (QED) is 0.815. The fraction of sp³-hybridized carbons (Fsp3) is 0.235. The first-order valence-corrected chi connectivity index (χ1v) is 8.52. The number of benzene rings is 2. The normalized spacial score (nSPS) is 11.9. The zero-order valence-corrected chi connectivity index (χ0v) is 13.8. The van der Waals surface area contributed by atoms with Gasteiger partial charge in [-0.25, -0.2) is 0 Å². The summed E-state index contributed by atoms with van der Waals surface area (Å²) >= 11 is 0.148. The summed E-state index contributed by atoms with van der Waals surface area (Å²) in [4.78, 5) is 11.7. The predicted octanol–water partition coefficient (Wildman–Crippen LogP) is 2.45. The number of aromatic hydroxyl groups is 1. The third-order valence-electron chi connectivity index (χ3n) is 3.07. The van der Waals surface area contributed by atoms with Crippen molar-refractivity contribution >= 4 is 25.2 Å². The van der Waals surface area contributed by atoms with E-state index in [0.29, 0.717) is 12.2 Å². The molecule has 0 aromatic heterocycles. The molecule has 0 fully saturated rings. The molecule has 1 unspecified atom stereocenters. The van der Waals surface area contributed by atoms with Gasteiger partial charge >= 0.3 is 131 Å². The average molecular weight is 349 g/mol. The number of ether oxygens (including phenoxy) is 1. The number of carbonyl (C=O) groups excluding carboxylic acids is 1. The molecule has 0 saturated carbocycles. The van der Waals surface area contributed by atoms with Crippen molar-refractivity contribution in [1.82, 2.24) is 0 Å². The van der Waals surface area contributed by atoms with E-state index in [0.717, 1.165) is 5.56 Å². The maximum absolute atomic E-state index is 11.6. The number of rotatable bonds is 6. The summed E-state index contributed by atoms with van der Waals surface area (Å²) in [6.45, 7) is 1.62. The topological polar surface area (TPSA) is 46.5 Å². The second kappa shape index (κ2) is 7.30. The molecule has 1 N–H and O–H groups in total. The Hall–Kier alpha value is -1.77. The van der Waals surface area contributed by atoms with Gasteiger partial charge in [-0.1, -0.05) is 0 Å². The fourth-order valence-electron chi connectivity index (χ4n) is 2.05. The molecule has 0 bridgehead atoms. The van der Waals surface area contributed by atoms with Gasteiger partial charge in [0.15, 0.2) is 0 Å². The molecule has 4 heteroatoms. The second-order valence-corrected chi connectivity index (χ2v) is 7.43. The molecule has 0 saturated heterocycles. The fourth-order valence-corrected chi connectivity index (χ4v) is 4.66. The Kier molecular flexibility index (Phi) is 5.43. The van der Waals surface area contributed by atoms with Crippen LogP contribution in [-0.4, -0.2) is 33.0 Å². The summed E-state index contributed by atoms with van der Waals surface area (Å²) in [7, 11) is 1.53. The molecule has 0 amide bonds. The number of phenols is 1. The van der Waals surface area contributed by atoms with Crippen LogP contribution in [0.3, 0.4) is 0 Å². The van der Waals surface area contributed by atoms with Crippen LogP contribution in [0.2, 0.25) is 0 Å². The van der Waals surface area contributed by atoms with E-state index >= 15 is 0 Å². The van der Waals surface area contributed by atoms with E-state index in [-0.39, 0.29) is 31.3 Å². The van der Waals surface area contributed by atoms with Crippen molar-refractivity contribution in [2.45, 2.75) is 18.2 Å². The van der Waals surface area contributed by atoms with Crippen LogP contribution in [-0.2, 0) is 4.79 Å². The number of hydrogen-bond acceptors (Lipinski definition) is 3. The monoisotopic (exact) mass is 350 g/mol. The zero-order valence-electron chi connectivity index (χ0n) is 12.1. The molecule has 2 aromatic rings. The molecule has 110 valence electrons. The van der Waals surface area contributed by atoms with Crippen LogP contribution in [0.4, 0.5) is 0 Å². The minimum atomic E-state index is 0.120. The minimum absolute atomic E-state index is 0.120. The molecule has 0 aliphatic rings. The Morgan fingerprint density at radius 1 is 1.24 bits per heavy atom. The summed E-state index contributed by atoms with van der Waals surface area (Å²) in [6, 6.07) is 15.5. The van der Waals surface area contributed by atoms with Gasteiger partial charge in [0.25, 0.3) is 0 Å². The molecule has 3 nitrogen and oxygen atoms in total. The van der Waals surface area contributed by atoms with E-state index in [1.54, 1.807) is 13.0 Å². The molecule has 0 radical (unpaired) electrons.